The monoisotopic (exact) mass is 261 g/mol. The zero-order chi connectivity index (χ0) is 14.0. The fraction of sp³-hybridized carbons (Fsp3) is 0.647. The van der Waals surface area contributed by atoms with Crippen molar-refractivity contribution in [3.63, 3.8) is 0 Å². The number of rotatable bonds is 3. The molecule has 0 radical (unpaired) electrons. The number of hydrogen-bond donors (Lipinski definition) is 1. The molecule has 1 fully saturated rings. The van der Waals surface area contributed by atoms with Gasteiger partial charge in [0.25, 0.3) is 0 Å². The van der Waals surface area contributed by atoms with Crippen molar-refractivity contribution in [2.75, 3.05) is 24.6 Å². The SMILES string of the molecule is Cc1ccc(C)c(N2CCC(C)(C)C(CCO)C2)c1. The quantitative estimate of drug-likeness (QED) is 0.899. The van der Waals surface area contributed by atoms with E-state index in [0.717, 1.165) is 19.5 Å². The zero-order valence-electron chi connectivity index (χ0n) is 12.7. The molecule has 1 aliphatic rings. The average Bonchev–Trinajstić information content (AvgIpc) is 2.35. The van der Waals surface area contributed by atoms with Crippen LogP contribution in [-0.2, 0) is 0 Å². The maximum atomic E-state index is 9.29. The Hall–Kier alpha value is -1.02. The highest BCUT2D eigenvalue weighted by Crippen LogP contribution is 2.39. The van der Waals surface area contributed by atoms with Crippen LogP contribution in [-0.4, -0.2) is 24.8 Å². The van der Waals surface area contributed by atoms with E-state index >= 15 is 0 Å². The van der Waals surface area contributed by atoms with Crippen LogP contribution in [0.2, 0.25) is 0 Å². The third-order valence-corrected chi connectivity index (χ3v) is 4.75. The molecule has 2 nitrogen and oxygen atoms in total. The molecular formula is C17H27NO. The fourth-order valence-electron chi connectivity index (χ4n) is 3.15. The van der Waals surface area contributed by atoms with E-state index in [0.29, 0.717) is 17.9 Å². The number of aliphatic hydroxyl groups excluding tert-OH is 1. The molecule has 1 aromatic rings. The number of aryl methyl sites for hydroxylation is 2. The average molecular weight is 261 g/mol. The highest BCUT2D eigenvalue weighted by molar-refractivity contribution is 5.55. The van der Waals surface area contributed by atoms with Crippen LogP contribution in [0.3, 0.4) is 0 Å². The summed E-state index contributed by atoms with van der Waals surface area (Å²) in [5, 5.41) is 9.29. The lowest BCUT2D eigenvalue weighted by molar-refractivity contribution is 0.132. The van der Waals surface area contributed by atoms with Crippen molar-refractivity contribution < 1.29 is 5.11 Å². The molecule has 0 saturated carbocycles. The van der Waals surface area contributed by atoms with E-state index in [2.05, 4.69) is 50.8 Å². The summed E-state index contributed by atoms with van der Waals surface area (Å²) in [6, 6.07) is 6.69. The molecule has 2 rings (SSSR count). The van der Waals surface area contributed by atoms with Crippen molar-refractivity contribution in [2.24, 2.45) is 11.3 Å². The first kappa shape index (κ1) is 14.4. The number of aliphatic hydroxyl groups is 1. The number of nitrogens with zero attached hydrogens (tertiary/aromatic N) is 1. The Morgan fingerprint density at radius 1 is 1.32 bits per heavy atom. The minimum absolute atomic E-state index is 0.300. The van der Waals surface area contributed by atoms with Crippen LogP contribution in [0.25, 0.3) is 0 Å². The minimum Gasteiger partial charge on any atom is -0.396 e. The Labute approximate surface area is 117 Å². The van der Waals surface area contributed by atoms with E-state index in [1.807, 2.05) is 0 Å². The lowest BCUT2D eigenvalue weighted by atomic mass is 9.72. The maximum absolute atomic E-state index is 9.29. The standard InChI is InChI=1S/C17H27NO/c1-13-5-6-14(2)16(11-13)18-9-8-17(3,4)15(12-18)7-10-19/h5-6,11,15,19H,7-10,12H2,1-4H3. The molecular weight excluding hydrogens is 234 g/mol. The first-order chi connectivity index (χ1) is 8.94. The van der Waals surface area contributed by atoms with Gasteiger partial charge in [-0.3, -0.25) is 0 Å². The summed E-state index contributed by atoms with van der Waals surface area (Å²) in [7, 11) is 0. The van der Waals surface area contributed by atoms with Gasteiger partial charge in [0.15, 0.2) is 0 Å². The van der Waals surface area contributed by atoms with Gasteiger partial charge < -0.3 is 10.0 Å². The van der Waals surface area contributed by atoms with Crippen molar-refractivity contribution in [1.82, 2.24) is 0 Å². The molecule has 2 heteroatoms. The van der Waals surface area contributed by atoms with Crippen LogP contribution in [0.4, 0.5) is 5.69 Å². The molecule has 0 amide bonds. The fourth-order valence-corrected chi connectivity index (χ4v) is 3.15. The summed E-state index contributed by atoms with van der Waals surface area (Å²) in [6.07, 6.45) is 2.11. The molecule has 1 unspecified atom stereocenters. The lowest BCUT2D eigenvalue weighted by Crippen LogP contribution is -2.45. The molecule has 1 N–H and O–H groups in total. The van der Waals surface area contributed by atoms with Crippen LogP contribution in [0.5, 0.6) is 0 Å². The van der Waals surface area contributed by atoms with Gasteiger partial charge in [0.1, 0.15) is 0 Å². The Balaban J connectivity index is 2.20. The van der Waals surface area contributed by atoms with Gasteiger partial charge in [-0.05, 0) is 55.2 Å². The van der Waals surface area contributed by atoms with Crippen LogP contribution in [0.15, 0.2) is 18.2 Å². The van der Waals surface area contributed by atoms with Gasteiger partial charge in [0.05, 0.1) is 0 Å². The zero-order valence-corrected chi connectivity index (χ0v) is 12.7. The highest BCUT2D eigenvalue weighted by Gasteiger charge is 2.35. The van der Waals surface area contributed by atoms with Gasteiger partial charge in [-0.15, -0.1) is 0 Å². The number of piperidine rings is 1. The van der Waals surface area contributed by atoms with Gasteiger partial charge in [-0.2, -0.15) is 0 Å². The number of benzene rings is 1. The van der Waals surface area contributed by atoms with E-state index < -0.39 is 0 Å². The Morgan fingerprint density at radius 2 is 2.05 bits per heavy atom. The maximum Gasteiger partial charge on any atom is 0.0434 e. The van der Waals surface area contributed by atoms with E-state index in [9.17, 15) is 5.11 Å². The first-order valence-electron chi connectivity index (χ1n) is 7.37. The topological polar surface area (TPSA) is 23.5 Å². The second-order valence-electron chi connectivity index (χ2n) is 6.68. The first-order valence-corrected chi connectivity index (χ1v) is 7.37. The number of hydrogen-bond acceptors (Lipinski definition) is 2. The molecule has 1 atom stereocenters. The Kier molecular flexibility index (Phi) is 4.19. The summed E-state index contributed by atoms with van der Waals surface area (Å²) < 4.78 is 0. The van der Waals surface area contributed by atoms with E-state index in [-0.39, 0.29) is 0 Å². The van der Waals surface area contributed by atoms with Crippen LogP contribution in [0.1, 0.15) is 37.8 Å². The van der Waals surface area contributed by atoms with Crippen molar-refractivity contribution >= 4 is 5.69 Å². The van der Waals surface area contributed by atoms with Crippen LogP contribution >= 0.6 is 0 Å². The van der Waals surface area contributed by atoms with Crippen molar-refractivity contribution in [3.05, 3.63) is 29.3 Å². The molecule has 0 aliphatic carbocycles. The van der Waals surface area contributed by atoms with Gasteiger partial charge >= 0.3 is 0 Å². The minimum atomic E-state index is 0.300. The van der Waals surface area contributed by atoms with E-state index in [1.54, 1.807) is 0 Å². The molecule has 0 aromatic heterocycles. The molecule has 0 spiro atoms. The summed E-state index contributed by atoms with van der Waals surface area (Å²) in [4.78, 5) is 2.51. The Bertz CT molecular complexity index is 439. The molecule has 106 valence electrons. The second kappa shape index (κ2) is 5.54. The van der Waals surface area contributed by atoms with Crippen molar-refractivity contribution in [2.45, 2.75) is 40.5 Å². The van der Waals surface area contributed by atoms with Crippen molar-refractivity contribution in [1.29, 1.82) is 0 Å². The smallest absolute Gasteiger partial charge is 0.0434 e. The molecule has 0 bridgehead atoms. The lowest BCUT2D eigenvalue weighted by Gasteiger charge is -2.45. The molecule has 1 heterocycles. The predicted molar refractivity (Wildman–Crippen MR) is 81.7 cm³/mol. The van der Waals surface area contributed by atoms with E-state index in [1.165, 1.54) is 23.2 Å². The van der Waals surface area contributed by atoms with Crippen LogP contribution in [0, 0.1) is 25.2 Å². The third-order valence-electron chi connectivity index (χ3n) is 4.75. The van der Waals surface area contributed by atoms with Gasteiger partial charge in [0, 0.05) is 25.4 Å². The van der Waals surface area contributed by atoms with Crippen molar-refractivity contribution in [3.8, 4) is 0 Å². The highest BCUT2D eigenvalue weighted by atomic mass is 16.3. The molecule has 1 aliphatic heterocycles. The summed E-state index contributed by atoms with van der Waals surface area (Å²) in [5.41, 5.74) is 4.40. The third kappa shape index (κ3) is 3.11. The van der Waals surface area contributed by atoms with E-state index in [4.69, 9.17) is 0 Å². The van der Waals surface area contributed by atoms with Gasteiger partial charge in [-0.1, -0.05) is 26.0 Å². The normalized spacial score (nSPS) is 22.6. The summed E-state index contributed by atoms with van der Waals surface area (Å²) >= 11 is 0. The summed E-state index contributed by atoms with van der Waals surface area (Å²) in [5.74, 6) is 0.575. The van der Waals surface area contributed by atoms with Gasteiger partial charge in [0.2, 0.25) is 0 Å². The molecule has 1 saturated heterocycles. The molecule has 19 heavy (non-hydrogen) atoms. The Morgan fingerprint density at radius 3 is 2.74 bits per heavy atom. The van der Waals surface area contributed by atoms with Crippen LogP contribution < -0.4 is 4.90 Å². The number of anilines is 1. The molecule has 1 aromatic carbocycles. The predicted octanol–water partition coefficient (Wildman–Crippen LogP) is 3.54. The summed E-state index contributed by atoms with van der Waals surface area (Å²) in [6.45, 7) is 11.5. The second-order valence-corrected chi connectivity index (χ2v) is 6.68. The van der Waals surface area contributed by atoms with Gasteiger partial charge in [-0.25, -0.2) is 0 Å². The largest absolute Gasteiger partial charge is 0.396 e.